The molecule has 2 rings (SSSR count). The van der Waals surface area contributed by atoms with Gasteiger partial charge in [0.2, 0.25) is 0 Å². The van der Waals surface area contributed by atoms with Crippen molar-refractivity contribution < 1.29 is 9.21 Å². The minimum atomic E-state index is -0.264. The smallest absolute Gasteiger partial charge is 0.314 e. The number of thiazole rings is 1. The highest BCUT2D eigenvalue weighted by atomic mass is 32.1. The van der Waals surface area contributed by atoms with E-state index in [1.54, 1.807) is 19.2 Å². The highest BCUT2D eigenvalue weighted by Gasteiger charge is 2.10. The second kappa shape index (κ2) is 6.35. The number of hydrogen-bond acceptors (Lipinski definition) is 5. The van der Waals surface area contributed by atoms with Gasteiger partial charge in [0.1, 0.15) is 11.5 Å². The van der Waals surface area contributed by atoms with Crippen LogP contribution in [0.1, 0.15) is 5.76 Å². The zero-order valence-corrected chi connectivity index (χ0v) is 12.2. The molecule has 0 saturated carbocycles. The Hall–Kier alpha value is -2.13. The van der Waals surface area contributed by atoms with E-state index >= 15 is 0 Å². The average Bonchev–Trinajstić information content (AvgIpc) is 3.03. The van der Waals surface area contributed by atoms with E-state index in [4.69, 9.17) is 22.4 Å². The molecule has 0 aliphatic rings. The number of rotatable bonds is 4. The van der Waals surface area contributed by atoms with E-state index in [0.29, 0.717) is 28.9 Å². The molecule has 20 heavy (non-hydrogen) atoms. The predicted molar refractivity (Wildman–Crippen MR) is 81.5 cm³/mol. The van der Waals surface area contributed by atoms with Gasteiger partial charge in [0.05, 0.1) is 6.54 Å². The fraction of sp³-hybridized carbons (Fsp3) is 0.182. The molecule has 0 atom stereocenters. The molecule has 2 heterocycles. The first-order valence-electron chi connectivity index (χ1n) is 5.65. The van der Waals surface area contributed by atoms with Crippen molar-refractivity contribution in [3.63, 3.8) is 0 Å². The Morgan fingerprint density at radius 1 is 1.55 bits per heavy atom. The summed E-state index contributed by atoms with van der Waals surface area (Å²) in [4.78, 5) is 15.4. The molecule has 7 nitrogen and oxygen atoms in total. The fourth-order valence-corrected chi connectivity index (χ4v) is 2.29. The van der Waals surface area contributed by atoms with Crippen molar-refractivity contribution in [2.75, 3.05) is 12.4 Å². The molecule has 0 fully saturated rings. The van der Waals surface area contributed by atoms with Crippen LogP contribution in [0.4, 0.5) is 9.93 Å². The van der Waals surface area contributed by atoms with Crippen molar-refractivity contribution in [1.82, 2.24) is 15.6 Å². The molecule has 0 unspecified atom stereocenters. The number of nitrogens with zero attached hydrogens (tertiary/aromatic N) is 1. The standard InChI is InChI=1S/C11H13N5O2S2/c1-13-10(17)14-4-6-2-3-8(18-6)7-5-20-11(15-7)16-9(12)19/h2-3,5H,4H2,1H3,(H2,13,14,17)(H3,12,15,16,19). The number of hydrogen-bond donors (Lipinski definition) is 4. The van der Waals surface area contributed by atoms with E-state index in [1.165, 1.54) is 11.3 Å². The Morgan fingerprint density at radius 2 is 2.35 bits per heavy atom. The minimum absolute atomic E-state index is 0.167. The van der Waals surface area contributed by atoms with Crippen molar-refractivity contribution in [2.45, 2.75) is 6.54 Å². The fourth-order valence-electron chi connectivity index (χ4n) is 1.42. The van der Waals surface area contributed by atoms with Crippen LogP contribution in [0.15, 0.2) is 21.9 Å². The molecule has 0 radical (unpaired) electrons. The number of amides is 2. The maximum atomic E-state index is 11.1. The Labute approximate surface area is 124 Å². The lowest BCUT2D eigenvalue weighted by Crippen LogP contribution is -2.31. The molecule has 106 valence electrons. The normalized spacial score (nSPS) is 10.1. The molecule has 2 aromatic rings. The number of carbonyl (C=O) groups excluding carboxylic acids is 1. The van der Waals surface area contributed by atoms with Gasteiger partial charge in [0.15, 0.2) is 16.0 Å². The summed E-state index contributed by atoms with van der Waals surface area (Å²) in [6, 6.07) is 3.31. The zero-order chi connectivity index (χ0) is 14.5. The summed E-state index contributed by atoms with van der Waals surface area (Å²) in [5.74, 6) is 1.26. The third-order valence-corrected chi connectivity index (χ3v) is 3.16. The maximum absolute atomic E-state index is 11.1. The van der Waals surface area contributed by atoms with Crippen molar-refractivity contribution >= 4 is 39.8 Å². The predicted octanol–water partition coefficient (Wildman–Crippen LogP) is 1.49. The second-order valence-electron chi connectivity index (χ2n) is 3.73. The van der Waals surface area contributed by atoms with Gasteiger partial charge < -0.3 is 26.1 Å². The number of carbonyl (C=O) groups is 1. The number of nitrogens with two attached hydrogens (primary N) is 1. The zero-order valence-electron chi connectivity index (χ0n) is 10.6. The SMILES string of the molecule is CNC(=O)NCc1ccc(-c2csc(NC(N)=S)n2)o1. The summed E-state index contributed by atoms with van der Waals surface area (Å²) in [5, 5.41) is 10.5. The van der Waals surface area contributed by atoms with Crippen LogP contribution < -0.4 is 21.7 Å². The van der Waals surface area contributed by atoms with Gasteiger partial charge in [-0.25, -0.2) is 9.78 Å². The van der Waals surface area contributed by atoms with Crippen molar-refractivity contribution in [1.29, 1.82) is 0 Å². The molecule has 0 aliphatic carbocycles. The van der Waals surface area contributed by atoms with Crippen LogP contribution in [0.3, 0.4) is 0 Å². The van der Waals surface area contributed by atoms with E-state index in [0.717, 1.165) is 0 Å². The Bertz CT molecular complexity index is 622. The molecule has 5 N–H and O–H groups in total. The van der Waals surface area contributed by atoms with E-state index in [-0.39, 0.29) is 11.1 Å². The van der Waals surface area contributed by atoms with Gasteiger partial charge in [-0.1, -0.05) is 0 Å². The summed E-state index contributed by atoms with van der Waals surface area (Å²) in [5.41, 5.74) is 6.06. The molecule has 0 bridgehead atoms. The number of urea groups is 1. The highest BCUT2D eigenvalue weighted by Crippen LogP contribution is 2.26. The van der Waals surface area contributed by atoms with Crippen LogP contribution in [0.2, 0.25) is 0 Å². The first-order valence-corrected chi connectivity index (χ1v) is 6.94. The third kappa shape index (κ3) is 3.68. The van der Waals surface area contributed by atoms with E-state index in [9.17, 15) is 4.79 Å². The highest BCUT2D eigenvalue weighted by molar-refractivity contribution is 7.80. The van der Waals surface area contributed by atoms with E-state index < -0.39 is 0 Å². The number of anilines is 1. The van der Waals surface area contributed by atoms with Gasteiger partial charge in [-0.2, -0.15) is 0 Å². The molecule has 0 aromatic carbocycles. The number of nitrogens with one attached hydrogen (secondary N) is 3. The molecule has 0 spiro atoms. The Morgan fingerprint density at radius 3 is 3.05 bits per heavy atom. The Kier molecular flexibility index (Phi) is 4.53. The van der Waals surface area contributed by atoms with Crippen molar-refractivity contribution in [3.8, 4) is 11.5 Å². The third-order valence-electron chi connectivity index (χ3n) is 2.30. The largest absolute Gasteiger partial charge is 0.458 e. The summed E-state index contributed by atoms with van der Waals surface area (Å²) in [6.45, 7) is 0.307. The summed E-state index contributed by atoms with van der Waals surface area (Å²) in [6.07, 6.45) is 0. The van der Waals surface area contributed by atoms with Crippen molar-refractivity contribution in [3.05, 3.63) is 23.3 Å². The number of thiocarbonyl (C=S) groups is 1. The van der Waals surface area contributed by atoms with Crippen LogP contribution in [0, 0.1) is 0 Å². The number of furan rings is 1. The molecular formula is C11H13N5O2S2. The van der Waals surface area contributed by atoms with Gasteiger partial charge in [0, 0.05) is 12.4 Å². The van der Waals surface area contributed by atoms with Gasteiger partial charge >= 0.3 is 6.03 Å². The minimum Gasteiger partial charge on any atom is -0.458 e. The topological polar surface area (TPSA) is 105 Å². The molecule has 2 aromatic heterocycles. The van der Waals surface area contributed by atoms with Crippen LogP contribution in [-0.4, -0.2) is 23.2 Å². The van der Waals surface area contributed by atoms with E-state index in [2.05, 4.69) is 20.9 Å². The van der Waals surface area contributed by atoms with Crippen LogP contribution in [-0.2, 0) is 6.54 Å². The first-order chi connectivity index (χ1) is 9.58. The lowest BCUT2D eigenvalue weighted by molar-refractivity contribution is 0.241. The summed E-state index contributed by atoms with van der Waals surface area (Å²) < 4.78 is 5.59. The quantitative estimate of drug-likeness (QED) is 0.638. The molecule has 0 saturated heterocycles. The molecule has 9 heteroatoms. The summed E-state index contributed by atoms with van der Waals surface area (Å²) >= 11 is 6.12. The lowest BCUT2D eigenvalue weighted by atomic mass is 10.3. The van der Waals surface area contributed by atoms with Crippen LogP contribution in [0.5, 0.6) is 0 Å². The van der Waals surface area contributed by atoms with E-state index in [1.807, 2.05) is 5.38 Å². The van der Waals surface area contributed by atoms with Gasteiger partial charge in [0.25, 0.3) is 0 Å². The molecular weight excluding hydrogens is 298 g/mol. The van der Waals surface area contributed by atoms with Crippen LogP contribution in [0.25, 0.3) is 11.5 Å². The van der Waals surface area contributed by atoms with Gasteiger partial charge in [-0.3, -0.25) is 0 Å². The second-order valence-corrected chi connectivity index (χ2v) is 5.02. The van der Waals surface area contributed by atoms with Gasteiger partial charge in [-0.05, 0) is 24.4 Å². The van der Waals surface area contributed by atoms with Crippen molar-refractivity contribution in [2.24, 2.45) is 5.73 Å². The molecule has 2 amide bonds. The average molecular weight is 311 g/mol. The Balaban J connectivity index is 2.02. The lowest BCUT2D eigenvalue weighted by Gasteiger charge is -2.00. The summed E-state index contributed by atoms with van der Waals surface area (Å²) in [7, 11) is 1.55. The van der Waals surface area contributed by atoms with Crippen LogP contribution >= 0.6 is 23.6 Å². The maximum Gasteiger partial charge on any atom is 0.314 e. The monoisotopic (exact) mass is 311 g/mol. The molecule has 0 aliphatic heterocycles. The van der Waals surface area contributed by atoms with Gasteiger partial charge in [-0.15, -0.1) is 11.3 Å². The number of aromatic nitrogens is 1. The first kappa shape index (κ1) is 14.3.